The minimum absolute atomic E-state index is 0. The summed E-state index contributed by atoms with van der Waals surface area (Å²) in [6.45, 7) is 7.45. The van der Waals surface area contributed by atoms with E-state index in [-0.39, 0.29) is 35.8 Å². The molecule has 1 unspecified atom stereocenters. The summed E-state index contributed by atoms with van der Waals surface area (Å²) in [5, 5.41) is 9.38. The number of aliphatic imine (C=N–C) groups is 1. The molecule has 0 spiro atoms. The van der Waals surface area contributed by atoms with Crippen molar-refractivity contribution in [3.63, 3.8) is 0 Å². The van der Waals surface area contributed by atoms with Crippen molar-refractivity contribution in [1.29, 1.82) is 0 Å². The van der Waals surface area contributed by atoms with E-state index in [9.17, 15) is 4.79 Å². The Bertz CT molecular complexity index is 551. The molecule has 2 rings (SSSR count). The number of carbonyl (C=O) groups excluding carboxylic acids is 1. The summed E-state index contributed by atoms with van der Waals surface area (Å²) in [5.41, 5.74) is 2.05. The van der Waals surface area contributed by atoms with Crippen LogP contribution in [0.5, 0.6) is 0 Å². The van der Waals surface area contributed by atoms with E-state index in [1.54, 1.807) is 0 Å². The van der Waals surface area contributed by atoms with Crippen molar-refractivity contribution in [3.8, 4) is 0 Å². The summed E-state index contributed by atoms with van der Waals surface area (Å²) in [5.74, 6) is 0.927. The quantitative estimate of drug-likeness (QED) is 0.260. The molecular weight excluding hydrogens is 419 g/mol. The van der Waals surface area contributed by atoms with Crippen LogP contribution in [0.15, 0.2) is 29.3 Å². The number of nitrogens with zero attached hydrogens (tertiary/aromatic N) is 1. The average Bonchev–Trinajstić information content (AvgIpc) is 2.56. The first-order valence-corrected chi connectivity index (χ1v) is 8.23. The lowest BCUT2D eigenvalue weighted by Crippen LogP contribution is -2.39. The molecule has 1 atom stereocenters. The lowest BCUT2D eigenvalue weighted by atomic mass is 9.91. The lowest BCUT2D eigenvalue weighted by molar-refractivity contribution is -0.116. The fraction of sp³-hybridized carbons (Fsp3) is 0.529. The smallest absolute Gasteiger partial charge is 0.225 e. The molecule has 0 bridgehead atoms. The van der Waals surface area contributed by atoms with Crippen LogP contribution in [-0.2, 0) is 9.53 Å². The first kappa shape index (κ1) is 20.7. The van der Waals surface area contributed by atoms with Crippen molar-refractivity contribution in [2.45, 2.75) is 26.2 Å². The zero-order chi connectivity index (χ0) is 16.5. The first-order valence-electron chi connectivity index (χ1n) is 8.23. The van der Waals surface area contributed by atoms with E-state index >= 15 is 0 Å². The number of hydrogen-bond donors (Lipinski definition) is 3. The summed E-state index contributed by atoms with van der Waals surface area (Å²) >= 11 is 0. The number of amides is 1. The maximum absolute atomic E-state index is 11.8. The number of nitrogens with one attached hydrogen (secondary N) is 3. The zero-order valence-corrected chi connectivity index (χ0v) is 16.6. The van der Waals surface area contributed by atoms with Crippen LogP contribution in [0.3, 0.4) is 0 Å². The number of para-hydroxylation sites is 1. The highest BCUT2D eigenvalue weighted by molar-refractivity contribution is 14.0. The predicted molar refractivity (Wildman–Crippen MR) is 108 cm³/mol. The van der Waals surface area contributed by atoms with E-state index in [4.69, 9.17) is 4.74 Å². The normalized spacial score (nSPS) is 16.7. The number of guanidine groups is 1. The van der Waals surface area contributed by atoms with Crippen LogP contribution in [0.4, 0.5) is 5.69 Å². The lowest BCUT2D eigenvalue weighted by Gasteiger charge is -2.24. The second kappa shape index (κ2) is 11.2. The average molecular weight is 446 g/mol. The minimum atomic E-state index is 0. The minimum Gasteiger partial charge on any atom is -0.380 e. The van der Waals surface area contributed by atoms with Crippen molar-refractivity contribution in [2.75, 3.05) is 38.2 Å². The van der Waals surface area contributed by atoms with E-state index in [2.05, 4.69) is 27.0 Å². The van der Waals surface area contributed by atoms with Gasteiger partial charge in [0, 0.05) is 37.7 Å². The van der Waals surface area contributed by atoms with E-state index < -0.39 is 0 Å². The second-order valence-electron chi connectivity index (χ2n) is 5.38. The highest BCUT2D eigenvalue weighted by Gasteiger charge is 2.24. The van der Waals surface area contributed by atoms with Crippen LogP contribution in [0, 0.1) is 0 Å². The number of rotatable bonds is 7. The van der Waals surface area contributed by atoms with Gasteiger partial charge in [-0.2, -0.15) is 0 Å². The third kappa shape index (κ3) is 6.27. The number of benzene rings is 1. The van der Waals surface area contributed by atoms with Gasteiger partial charge in [0.05, 0.1) is 13.2 Å². The molecule has 0 saturated heterocycles. The summed E-state index contributed by atoms with van der Waals surface area (Å²) in [7, 11) is 0. The third-order valence-electron chi connectivity index (χ3n) is 3.66. The van der Waals surface area contributed by atoms with Crippen molar-refractivity contribution < 1.29 is 9.53 Å². The molecule has 0 fully saturated rings. The van der Waals surface area contributed by atoms with E-state index in [1.165, 1.54) is 0 Å². The largest absolute Gasteiger partial charge is 0.380 e. The molecule has 0 aromatic heterocycles. The monoisotopic (exact) mass is 446 g/mol. The van der Waals surface area contributed by atoms with Gasteiger partial charge in [-0.1, -0.05) is 18.2 Å². The molecule has 7 heteroatoms. The molecule has 1 aromatic carbocycles. The Balaban J connectivity index is 0.00000288. The predicted octanol–water partition coefficient (Wildman–Crippen LogP) is 2.32. The van der Waals surface area contributed by atoms with E-state index in [0.29, 0.717) is 32.7 Å². The Morgan fingerprint density at radius 2 is 2.12 bits per heavy atom. The molecule has 1 heterocycles. The van der Waals surface area contributed by atoms with Crippen molar-refractivity contribution >= 4 is 41.5 Å². The molecule has 1 aliphatic rings. The number of halogens is 1. The third-order valence-corrected chi connectivity index (χ3v) is 3.66. The Labute approximate surface area is 160 Å². The molecule has 0 aliphatic carbocycles. The molecule has 1 amide bonds. The van der Waals surface area contributed by atoms with Crippen LogP contribution in [0.2, 0.25) is 0 Å². The van der Waals surface area contributed by atoms with Gasteiger partial charge in [0.25, 0.3) is 0 Å². The SMILES string of the molecule is CCNC(=NCC1CC(=O)Nc2ccccc21)NCCOCC.I. The van der Waals surface area contributed by atoms with Crippen LogP contribution >= 0.6 is 24.0 Å². The zero-order valence-electron chi connectivity index (χ0n) is 14.3. The van der Waals surface area contributed by atoms with Crippen molar-refractivity contribution in [3.05, 3.63) is 29.8 Å². The molecule has 134 valence electrons. The van der Waals surface area contributed by atoms with Crippen LogP contribution < -0.4 is 16.0 Å². The van der Waals surface area contributed by atoms with Gasteiger partial charge >= 0.3 is 0 Å². The molecule has 1 aliphatic heterocycles. The van der Waals surface area contributed by atoms with Crippen molar-refractivity contribution in [2.24, 2.45) is 4.99 Å². The molecule has 0 saturated carbocycles. The van der Waals surface area contributed by atoms with Crippen LogP contribution in [0.1, 0.15) is 31.7 Å². The molecular formula is C17H27IN4O2. The highest BCUT2D eigenvalue weighted by Crippen LogP contribution is 2.31. The van der Waals surface area contributed by atoms with Crippen LogP contribution in [0.25, 0.3) is 0 Å². The van der Waals surface area contributed by atoms with Gasteiger partial charge in [0.15, 0.2) is 5.96 Å². The van der Waals surface area contributed by atoms with Gasteiger partial charge in [-0.25, -0.2) is 0 Å². The first-order chi connectivity index (χ1) is 11.2. The Kier molecular flexibility index (Phi) is 9.70. The van der Waals surface area contributed by atoms with Gasteiger partial charge in [-0.3, -0.25) is 9.79 Å². The number of ether oxygens (including phenoxy) is 1. The van der Waals surface area contributed by atoms with E-state index in [1.807, 2.05) is 32.0 Å². The van der Waals surface area contributed by atoms with Gasteiger partial charge in [0.1, 0.15) is 0 Å². The second-order valence-corrected chi connectivity index (χ2v) is 5.38. The van der Waals surface area contributed by atoms with Gasteiger partial charge < -0.3 is 20.7 Å². The Morgan fingerprint density at radius 3 is 2.88 bits per heavy atom. The van der Waals surface area contributed by atoms with Crippen LogP contribution in [-0.4, -0.2) is 44.7 Å². The topological polar surface area (TPSA) is 74.8 Å². The maximum Gasteiger partial charge on any atom is 0.225 e. The number of fused-ring (bicyclic) bond motifs is 1. The molecule has 24 heavy (non-hydrogen) atoms. The number of carbonyl (C=O) groups is 1. The highest BCUT2D eigenvalue weighted by atomic mass is 127. The summed E-state index contributed by atoms with van der Waals surface area (Å²) in [6.07, 6.45) is 0.471. The Hall–Kier alpha value is -1.35. The molecule has 6 nitrogen and oxygen atoms in total. The maximum atomic E-state index is 11.8. The Morgan fingerprint density at radius 1 is 1.33 bits per heavy atom. The van der Waals surface area contributed by atoms with Gasteiger partial charge in [-0.15, -0.1) is 24.0 Å². The summed E-state index contributed by atoms with van der Waals surface area (Å²) < 4.78 is 5.32. The van der Waals surface area contributed by atoms with Gasteiger partial charge in [0.2, 0.25) is 5.91 Å². The molecule has 3 N–H and O–H groups in total. The molecule has 0 radical (unpaired) electrons. The fourth-order valence-electron chi connectivity index (χ4n) is 2.59. The molecule has 1 aromatic rings. The van der Waals surface area contributed by atoms with Crippen molar-refractivity contribution in [1.82, 2.24) is 10.6 Å². The standard InChI is InChI=1S/C17H26N4O2.HI/c1-3-18-17(19-9-10-23-4-2)20-12-13-11-16(22)21-15-8-6-5-7-14(13)15;/h5-8,13H,3-4,9-12H2,1-2H3,(H,21,22)(H2,18,19,20);1H. The summed E-state index contributed by atoms with van der Waals surface area (Å²) in [4.78, 5) is 16.5. The number of hydrogen-bond acceptors (Lipinski definition) is 3. The van der Waals surface area contributed by atoms with Gasteiger partial charge in [-0.05, 0) is 25.5 Å². The summed E-state index contributed by atoms with van der Waals surface area (Å²) in [6, 6.07) is 7.93. The number of anilines is 1. The van der Waals surface area contributed by atoms with E-state index in [0.717, 1.165) is 23.8 Å². The fourth-order valence-corrected chi connectivity index (χ4v) is 2.59.